The number of carbonyl (C=O) groups excluding carboxylic acids is 2. The number of rotatable bonds is 6. The molecule has 1 unspecified atom stereocenters. The van der Waals surface area contributed by atoms with Crippen molar-refractivity contribution in [2.75, 3.05) is 32.1 Å². The van der Waals surface area contributed by atoms with E-state index >= 15 is 0 Å². The summed E-state index contributed by atoms with van der Waals surface area (Å²) < 4.78 is 0. The van der Waals surface area contributed by atoms with Crippen molar-refractivity contribution in [3.05, 3.63) is 71.8 Å². The number of hydrogen-bond acceptors (Lipinski definition) is 6. The molecule has 2 aromatic carbocycles. The lowest BCUT2D eigenvalue weighted by atomic mass is 10.0. The molecular weight excluding hydrogens is 380 g/mol. The monoisotopic (exact) mass is 408 g/mol. The van der Waals surface area contributed by atoms with Gasteiger partial charge in [0.15, 0.2) is 0 Å². The van der Waals surface area contributed by atoms with Crippen LogP contribution in [0, 0.1) is 5.92 Å². The summed E-state index contributed by atoms with van der Waals surface area (Å²) in [5.74, 6) is -2.47. The minimum Gasteiger partial charge on any atom is -0.545 e. The normalized spacial score (nSPS) is 13.7. The number of carboxylic acid groups (broad SMARTS) is 2. The molecule has 0 fully saturated rings. The van der Waals surface area contributed by atoms with Crippen LogP contribution >= 0.6 is 0 Å². The quantitative estimate of drug-likeness (QED) is 0.667. The van der Waals surface area contributed by atoms with E-state index in [0.717, 1.165) is 25.9 Å². The summed E-state index contributed by atoms with van der Waals surface area (Å²) in [5, 5.41) is 18.8. The summed E-state index contributed by atoms with van der Waals surface area (Å²) in [6.07, 6.45) is 3.03. The Morgan fingerprint density at radius 1 is 0.933 bits per heavy atom. The zero-order chi connectivity index (χ0) is 22.1. The minimum absolute atomic E-state index is 0.384. The molecule has 0 N–H and O–H groups in total. The van der Waals surface area contributed by atoms with Gasteiger partial charge in [0.2, 0.25) is 0 Å². The third-order valence-corrected chi connectivity index (χ3v) is 4.76. The Hall–Kier alpha value is -3.12. The van der Waals surface area contributed by atoms with Crippen molar-refractivity contribution < 1.29 is 19.8 Å². The lowest BCUT2D eigenvalue weighted by molar-refractivity contribution is -0.301. The number of carbonyl (C=O) groups is 2. The van der Waals surface area contributed by atoms with E-state index in [2.05, 4.69) is 79.3 Å². The predicted molar refractivity (Wildman–Crippen MR) is 114 cm³/mol. The Balaban J connectivity index is 0.000000343. The van der Waals surface area contributed by atoms with Gasteiger partial charge in [-0.25, -0.2) is 0 Å². The van der Waals surface area contributed by atoms with Gasteiger partial charge in [0, 0.05) is 24.5 Å². The number of carboxylic acids is 2. The van der Waals surface area contributed by atoms with Crippen molar-refractivity contribution in [3.8, 4) is 0 Å². The van der Waals surface area contributed by atoms with E-state index in [1.807, 2.05) is 0 Å². The SMILES string of the molecule is CC(CN(C)C)CN1c2ccccc2CCc2ccccc21.O=C([O-])/C=C\C(=O)[O-]. The van der Waals surface area contributed by atoms with Crippen LogP contribution in [0.15, 0.2) is 60.7 Å². The van der Waals surface area contributed by atoms with Crippen molar-refractivity contribution in [1.82, 2.24) is 4.90 Å². The zero-order valence-electron chi connectivity index (χ0n) is 17.7. The van der Waals surface area contributed by atoms with E-state index in [-0.39, 0.29) is 0 Å². The third kappa shape index (κ3) is 7.04. The van der Waals surface area contributed by atoms with Gasteiger partial charge in [0.1, 0.15) is 0 Å². The average molecular weight is 408 g/mol. The number of anilines is 2. The fourth-order valence-corrected chi connectivity index (χ4v) is 3.70. The lowest BCUT2D eigenvalue weighted by Crippen LogP contribution is -2.30. The van der Waals surface area contributed by atoms with E-state index in [9.17, 15) is 19.8 Å². The van der Waals surface area contributed by atoms with Gasteiger partial charge >= 0.3 is 0 Å². The molecule has 0 spiro atoms. The van der Waals surface area contributed by atoms with E-state index in [4.69, 9.17) is 0 Å². The highest BCUT2D eigenvalue weighted by molar-refractivity contribution is 5.87. The van der Waals surface area contributed by atoms with E-state index in [1.165, 1.54) is 22.5 Å². The van der Waals surface area contributed by atoms with Gasteiger partial charge < -0.3 is 29.6 Å². The first kappa shape index (κ1) is 23.2. The molecule has 6 heteroatoms. The molecule has 1 atom stereocenters. The van der Waals surface area contributed by atoms with Gasteiger partial charge in [-0.2, -0.15) is 0 Å². The van der Waals surface area contributed by atoms with Gasteiger partial charge in [0.25, 0.3) is 0 Å². The molecule has 0 radical (unpaired) electrons. The number of benzene rings is 2. The summed E-state index contributed by atoms with van der Waals surface area (Å²) in [4.78, 5) is 23.6. The van der Waals surface area contributed by atoms with E-state index in [1.54, 1.807) is 0 Å². The molecule has 3 rings (SSSR count). The molecule has 30 heavy (non-hydrogen) atoms. The van der Waals surface area contributed by atoms with Gasteiger partial charge in [-0.3, -0.25) is 0 Å². The number of fused-ring (bicyclic) bond motifs is 2. The molecule has 160 valence electrons. The molecule has 6 nitrogen and oxygen atoms in total. The lowest BCUT2D eigenvalue weighted by Gasteiger charge is -2.30. The van der Waals surface area contributed by atoms with Gasteiger partial charge in [0.05, 0.1) is 11.9 Å². The molecule has 0 aromatic heterocycles. The van der Waals surface area contributed by atoms with Crippen LogP contribution in [0.2, 0.25) is 0 Å². The van der Waals surface area contributed by atoms with Crippen molar-refractivity contribution in [2.24, 2.45) is 5.92 Å². The van der Waals surface area contributed by atoms with Gasteiger partial charge in [-0.1, -0.05) is 43.3 Å². The van der Waals surface area contributed by atoms with Crippen LogP contribution in [0.25, 0.3) is 0 Å². The summed E-state index contributed by atoms with van der Waals surface area (Å²) >= 11 is 0. The van der Waals surface area contributed by atoms with Crippen LogP contribution in [0.5, 0.6) is 0 Å². The molecule has 2 aromatic rings. The van der Waals surface area contributed by atoms with Gasteiger partial charge in [-0.05, 0) is 68.3 Å². The standard InChI is InChI=1S/C20H26N2.C4H4O4/c1-16(14-21(2)3)15-22-19-10-6-4-8-17(19)12-13-18-9-5-7-11-20(18)22;5-3(6)1-2-4(7)8/h4-11,16H,12-15H2,1-3H3;1-2H,(H,5,6)(H,7,8)/p-2/b;2-1-. The van der Waals surface area contributed by atoms with Crippen molar-refractivity contribution in [1.29, 1.82) is 0 Å². The second-order valence-corrected chi connectivity index (χ2v) is 7.71. The van der Waals surface area contributed by atoms with Crippen LogP contribution in [0.4, 0.5) is 11.4 Å². The van der Waals surface area contributed by atoms with Crippen LogP contribution < -0.4 is 15.1 Å². The minimum atomic E-state index is -1.55. The molecule has 1 aliphatic heterocycles. The maximum atomic E-state index is 9.41. The Morgan fingerprint density at radius 3 is 1.77 bits per heavy atom. The van der Waals surface area contributed by atoms with Crippen LogP contribution in [0.1, 0.15) is 18.1 Å². The molecule has 0 bridgehead atoms. The molecule has 0 amide bonds. The van der Waals surface area contributed by atoms with Gasteiger partial charge in [-0.15, -0.1) is 0 Å². The fraction of sp³-hybridized carbons (Fsp3) is 0.333. The molecule has 1 aliphatic rings. The highest BCUT2D eigenvalue weighted by Gasteiger charge is 2.21. The molecule has 0 saturated carbocycles. The zero-order valence-corrected chi connectivity index (χ0v) is 17.7. The first-order valence-electron chi connectivity index (χ1n) is 9.96. The summed E-state index contributed by atoms with van der Waals surface area (Å²) in [7, 11) is 4.31. The Labute approximate surface area is 178 Å². The Bertz CT molecular complexity index is 829. The first-order valence-corrected chi connectivity index (χ1v) is 9.96. The summed E-state index contributed by atoms with van der Waals surface area (Å²) in [6.45, 7) is 4.52. The second-order valence-electron chi connectivity index (χ2n) is 7.71. The Kier molecular flexibility index (Phi) is 8.62. The largest absolute Gasteiger partial charge is 0.545 e. The highest BCUT2D eigenvalue weighted by atomic mass is 16.4. The maximum Gasteiger partial charge on any atom is 0.0643 e. The molecule has 0 saturated heterocycles. The fourth-order valence-electron chi connectivity index (χ4n) is 3.70. The first-order chi connectivity index (χ1) is 14.3. The number of aryl methyl sites for hydroxylation is 2. The Morgan fingerprint density at radius 2 is 1.37 bits per heavy atom. The molecule has 0 aliphatic carbocycles. The number of para-hydroxylation sites is 2. The smallest absolute Gasteiger partial charge is 0.0643 e. The average Bonchev–Trinajstić information content (AvgIpc) is 2.84. The van der Waals surface area contributed by atoms with E-state index in [0.29, 0.717) is 18.1 Å². The summed E-state index contributed by atoms with van der Waals surface area (Å²) in [5.41, 5.74) is 5.71. The maximum absolute atomic E-state index is 9.41. The second kappa shape index (κ2) is 11.2. The van der Waals surface area contributed by atoms with Crippen molar-refractivity contribution in [2.45, 2.75) is 19.8 Å². The topological polar surface area (TPSA) is 86.7 Å². The third-order valence-electron chi connectivity index (χ3n) is 4.76. The summed E-state index contributed by atoms with van der Waals surface area (Å²) in [6, 6.07) is 17.8. The highest BCUT2D eigenvalue weighted by Crippen LogP contribution is 2.36. The number of hydrogen-bond donors (Lipinski definition) is 0. The van der Waals surface area contributed by atoms with Crippen LogP contribution in [-0.2, 0) is 22.4 Å². The van der Waals surface area contributed by atoms with Crippen LogP contribution in [0.3, 0.4) is 0 Å². The number of nitrogens with zero attached hydrogens (tertiary/aromatic N) is 2. The predicted octanol–water partition coefficient (Wildman–Crippen LogP) is 1.16. The van der Waals surface area contributed by atoms with Crippen molar-refractivity contribution >= 4 is 23.3 Å². The van der Waals surface area contributed by atoms with E-state index < -0.39 is 11.9 Å². The molecule has 1 heterocycles. The van der Waals surface area contributed by atoms with Crippen LogP contribution in [-0.4, -0.2) is 44.0 Å². The molecular formula is C24H28N2O4-2. The number of aliphatic carboxylic acids is 2. The van der Waals surface area contributed by atoms with Crippen molar-refractivity contribution in [3.63, 3.8) is 0 Å².